The smallest absolute Gasteiger partial charge is 0.0722 e. The van der Waals surface area contributed by atoms with Crippen molar-refractivity contribution in [1.82, 2.24) is 14.7 Å². The summed E-state index contributed by atoms with van der Waals surface area (Å²) >= 11 is 0. The van der Waals surface area contributed by atoms with Gasteiger partial charge in [0.15, 0.2) is 0 Å². The Kier molecular flexibility index (Phi) is 4.86. The average Bonchev–Trinajstić information content (AvgIpc) is 2.71. The molecule has 1 saturated heterocycles. The van der Waals surface area contributed by atoms with Crippen molar-refractivity contribution in [1.29, 1.82) is 0 Å². The van der Waals surface area contributed by atoms with Crippen LogP contribution in [0.25, 0.3) is 0 Å². The number of nitrogens with zero attached hydrogens (tertiary/aromatic N) is 3. The molecule has 0 bridgehead atoms. The van der Waals surface area contributed by atoms with Gasteiger partial charge in [-0.1, -0.05) is 20.8 Å². The lowest BCUT2D eigenvalue weighted by atomic mass is 9.89. The third kappa shape index (κ3) is 3.83. The predicted octanol–water partition coefficient (Wildman–Crippen LogP) is 2.58. The second-order valence-corrected chi connectivity index (χ2v) is 7.13. The van der Waals surface area contributed by atoms with Gasteiger partial charge in [0.2, 0.25) is 0 Å². The first-order valence-electron chi connectivity index (χ1n) is 7.64. The molecule has 0 N–H and O–H groups in total. The molecule has 0 unspecified atom stereocenters. The van der Waals surface area contributed by atoms with E-state index in [0.29, 0.717) is 5.92 Å². The Morgan fingerprint density at radius 2 is 2.15 bits per heavy atom. The minimum Gasteiger partial charge on any atom is -0.384 e. The van der Waals surface area contributed by atoms with Gasteiger partial charge in [-0.25, -0.2) is 0 Å². The monoisotopic (exact) mass is 279 g/mol. The molecule has 1 aliphatic rings. The molecule has 114 valence electrons. The van der Waals surface area contributed by atoms with Crippen molar-refractivity contribution in [2.24, 2.45) is 13.0 Å². The van der Waals surface area contributed by atoms with Crippen LogP contribution in [0.2, 0.25) is 0 Å². The maximum atomic E-state index is 5.32. The predicted molar refractivity (Wildman–Crippen MR) is 81.8 cm³/mol. The van der Waals surface area contributed by atoms with Crippen molar-refractivity contribution >= 4 is 0 Å². The van der Waals surface area contributed by atoms with Crippen molar-refractivity contribution in [2.45, 2.75) is 45.6 Å². The summed E-state index contributed by atoms with van der Waals surface area (Å²) < 4.78 is 7.27. The van der Waals surface area contributed by atoms with Crippen molar-refractivity contribution in [3.8, 4) is 0 Å². The molecule has 4 heteroatoms. The zero-order valence-electron chi connectivity index (χ0n) is 13.6. The van der Waals surface area contributed by atoms with Gasteiger partial charge >= 0.3 is 0 Å². The number of piperidine rings is 1. The van der Waals surface area contributed by atoms with Crippen LogP contribution in [0.5, 0.6) is 0 Å². The largest absolute Gasteiger partial charge is 0.384 e. The molecule has 20 heavy (non-hydrogen) atoms. The molecule has 0 spiro atoms. The maximum Gasteiger partial charge on any atom is 0.0722 e. The highest BCUT2D eigenvalue weighted by atomic mass is 16.5. The summed E-state index contributed by atoms with van der Waals surface area (Å²) in [6.07, 6.45) is 4.75. The summed E-state index contributed by atoms with van der Waals surface area (Å²) in [5, 5.41) is 4.67. The van der Waals surface area contributed by atoms with Crippen molar-refractivity contribution in [3.63, 3.8) is 0 Å². The molecule has 0 aliphatic carbocycles. The number of ether oxygens (including phenoxy) is 1. The quantitative estimate of drug-likeness (QED) is 0.848. The molecule has 4 nitrogen and oxygen atoms in total. The van der Waals surface area contributed by atoms with Crippen LogP contribution in [0.3, 0.4) is 0 Å². The Morgan fingerprint density at radius 3 is 2.80 bits per heavy atom. The minimum absolute atomic E-state index is 0.109. The third-order valence-electron chi connectivity index (χ3n) is 4.01. The first kappa shape index (κ1) is 15.5. The first-order chi connectivity index (χ1) is 9.40. The molecule has 2 heterocycles. The number of rotatable bonds is 4. The maximum absolute atomic E-state index is 5.32. The van der Waals surface area contributed by atoms with Crippen LogP contribution in [0.4, 0.5) is 0 Å². The van der Waals surface area contributed by atoms with E-state index in [1.807, 2.05) is 11.7 Å². The van der Waals surface area contributed by atoms with Crippen LogP contribution < -0.4 is 0 Å². The van der Waals surface area contributed by atoms with Gasteiger partial charge in [-0.3, -0.25) is 9.58 Å². The van der Waals surface area contributed by atoms with Crippen molar-refractivity contribution < 1.29 is 4.74 Å². The summed E-state index contributed by atoms with van der Waals surface area (Å²) in [6, 6.07) is 0. The summed E-state index contributed by atoms with van der Waals surface area (Å²) in [6.45, 7) is 11.0. The van der Waals surface area contributed by atoms with Gasteiger partial charge in [0, 0.05) is 44.4 Å². The summed E-state index contributed by atoms with van der Waals surface area (Å²) in [5.41, 5.74) is 2.71. The SMILES string of the molecule is COC[C@H]1CCCN(Cc2cn(C)nc2C(C)(C)C)C1. The molecule has 2 rings (SSSR count). The number of hydrogen-bond donors (Lipinski definition) is 0. The second kappa shape index (κ2) is 6.27. The highest BCUT2D eigenvalue weighted by molar-refractivity contribution is 5.24. The summed E-state index contributed by atoms with van der Waals surface area (Å²) in [5.74, 6) is 0.684. The van der Waals surface area contributed by atoms with Gasteiger partial charge in [0.1, 0.15) is 0 Å². The van der Waals surface area contributed by atoms with E-state index in [9.17, 15) is 0 Å². The zero-order valence-corrected chi connectivity index (χ0v) is 13.6. The van der Waals surface area contributed by atoms with Gasteiger partial charge in [0.25, 0.3) is 0 Å². The number of likely N-dealkylation sites (tertiary alicyclic amines) is 1. The Bertz CT molecular complexity index is 431. The number of hydrogen-bond acceptors (Lipinski definition) is 3. The van der Waals surface area contributed by atoms with Gasteiger partial charge < -0.3 is 4.74 Å². The molecule has 0 radical (unpaired) electrons. The number of aryl methyl sites for hydroxylation is 1. The Morgan fingerprint density at radius 1 is 1.40 bits per heavy atom. The van der Waals surface area contributed by atoms with Crippen LogP contribution in [-0.4, -0.2) is 41.5 Å². The molecule has 1 aliphatic heterocycles. The number of methoxy groups -OCH3 is 1. The van der Waals surface area contributed by atoms with Crippen LogP contribution in [0.15, 0.2) is 6.20 Å². The Balaban J connectivity index is 2.06. The highest BCUT2D eigenvalue weighted by Gasteiger charge is 2.25. The molecule has 1 aromatic heterocycles. The molecular formula is C16H29N3O. The molecule has 1 atom stereocenters. The van der Waals surface area contributed by atoms with E-state index in [4.69, 9.17) is 4.74 Å². The third-order valence-corrected chi connectivity index (χ3v) is 4.01. The standard InChI is InChI=1S/C16H29N3O/c1-16(2,3)15-14(10-18(4)17-15)11-19-8-6-7-13(9-19)12-20-5/h10,13H,6-9,11-12H2,1-5H3/t13-/m0/s1. The number of aromatic nitrogens is 2. The normalized spacial score (nSPS) is 21.4. The lowest BCUT2D eigenvalue weighted by Gasteiger charge is -2.32. The van der Waals surface area contributed by atoms with Crippen LogP contribution in [-0.2, 0) is 23.7 Å². The molecule has 0 aromatic carbocycles. The van der Waals surface area contributed by atoms with Gasteiger partial charge in [-0.2, -0.15) is 5.10 Å². The summed E-state index contributed by atoms with van der Waals surface area (Å²) in [7, 11) is 3.82. The fourth-order valence-electron chi connectivity index (χ4n) is 3.19. The van der Waals surface area contributed by atoms with Gasteiger partial charge in [-0.05, 0) is 25.3 Å². The van der Waals surface area contributed by atoms with E-state index in [0.717, 1.165) is 19.7 Å². The van der Waals surface area contributed by atoms with Crippen LogP contribution in [0, 0.1) is 5.92 Å². The minimum atomic E-state index is 0.109. The lowest BCUT2D eigenvalue weighted by molar-refractivity contribution is 0.0871. The van der Waals surface area contributed by atoms with E-state index < -0.39 is 0 Å². The van der Waals surface area contributed by atoms with E-state index in [2.05, 4.69) is 37.0 Å². The van der Waals surface area contributed by atoms with E-state index >= 15 is 0 Å². The lowest BCUT2D eigenvalue weighted by Crippen LogP contribution is -2.37. The summed E-state index contributed by atoms with van der Waals surface area (Å²) in [4.78, 5) is 2.56. The molecule has 1 aromatic rings. The van der Waals surface area contributed by atoms with Gasteiger partial charge in [0.05, 0.1) is 12.3 Å². The molecule has 0 amide bonds. The fourth-order valence-corrected chi connectivity index (χ4v) is 3.19. The van der Waals surface area contributed by atoms with Gasteiger partial charge in [-0.15, -0.1) is 0 Å². The van der Waals surface area contributed by atoms with E-state index in [1.165, 1.54) is 30.6 Å². The zero-order chi connectivity index (χ0) is 14.8. The van der Waals surface area contributed by atoms with Crippen molar-refractivity contribution in [3.05, 3.63) is 17.5 Å². The van der Waals surface area contributed by atoms with Crippen LogP contribution in [0.1, 0.15) is 44.9 Å². The average molecular weight is 279 g/mol. The highest BCUT2D eigenvalue weighted by Crippen LogP contribution is 2.26. The Hall–Kier alpha value is -0.870. The second-order valence-electron chi connectivity index (χ2n) is 7.13. The van der Waals surface area contributed by atoms with E-state index in [-0.39, 0.29) is 5.41 Å². The topological polar surface area (TPSA) is 30.3 Å². The Labute approximate surface area is 123 Å². The molecular weight excluding hydrogens is 250 g/mol. The molecule has 1 fully saturated rings. The van der Waals surface area contributed by atoms with Crippen LogP contribution >= 0.6 is 0 Å². The first-order valence-corrected chi connectivity index (χ1v) is 7.64. The van der Waals surface area contributed by atoms with E-state index in [1.54, 1.807) is 7.11 Å². The fraction of sp³-hybridized carbons (Fsp3) is 0.812. The molecule has 0 saturated carbocycles. The van der Waals surface area contributed by atoms with Crippen molar-refractivity contribution in [2.75, 3.05) is 26.8 Å².